The molecular weight excluding hydrogens is 178 g/mol. The highest BCUT2D eigenvalue weighted by Gasteiger charge is 2.02. The second-order valence-corrected chi connectivity index (χ2v) is 2.86. The molecule has 0 unspecified atom stereocenters. The van der Waals surface area contributed by atoms with Gasteiger partial charge in [0, 0.05) is 5.56 Å². The number of hydrogen-bond donors (Lipinski definition) is 1. The fourth-order valence-corrected chi connectivity index (χ4v) is 1.18. The number of aromatic nitrogens is 3. The fourth-order valence-electron chi connectivity index (χ4n) is 1.18. The number of aliphatic hydroxyl groups excluding tert-OH is 1. The van der Waals surface area contributed by atoms with Crippen molar-refractivity contribution in [2.45, 2.75) is 6.54 Å². The van der Waals surface area contributed by atoms with E-state index in [1.165, 1.54) is 4.68 Å². The smallest absolute Gasteiger partial charge is 0.122 e. The van der Waals surface area contributed by atoms with Crippen molar-refractivity contribution in [3.05, 3.63) is 36.5 Å². The summed E-state index contributed by atoms with van der Waals surface area (Å²) in [5.74, 6) is 0. The first kappa shape index (κ1) is 8.90. The Hall–Kier alpha value is -1.68. The third-order valence-electron chi connectivity index (χ3n) is 1.85. The zero-order valence-corrected chi connectivity index (χ0v) is 7.59. The van der Waals surface area contributed by atoms with Crippen LogP contribution < -0.4 is 0 Å². The first-order valence-corrected chi connectivity index (χ1v) is 4.39. The van der Waals surface area contributed by atoms with Gasteiger partial charge in [0.05, 0.1) is 13.2 Å². The highest BCUT2D eigenvalue weighted by atomic mass is 16.3. The van der Waals surface area contributed by atoms with Crippen molar-refractivity contribution in [1.82, 2.24) is 15.0 Å². The summed E-state index contributed by atoms with van der Waals surface area (Å²) in [6.45, 7) is 0.480. The van der Waals surface area contributed by atoms with E-state index in [0.29, 0.717) is 12.2 Å². The van der Waals surface area contributed by atoms with Crippen molar-refractivity contribution in [2.24, 2.45) is 0 Å². The number of benzene rings is 1. The molecule has 1 radical (unpaired) electrons. The van der Waals surface area contributed by atoms with Gasteiger partial charge in [-0.1, -0.05) is 35.5 Å². The molecule has 2 rings (SSSR count). The van der Waals surface area contributed by atoms with E-state index in [1.807, 2.05) is 30.3 Å². The largest absolute Gasteiger partial charge is 0.394 e. The maximum absolute atomic E-state index is 8.69. The van der Waals surface area contributed by atoms with Gasteiger partial charge in [0.2, 0.25) is 0 Å². The SMILES string of the molecule is OCCn1[c]c(-c2ccccc2)nn1. The summed E-state index contributed by atoms with van der Waals surface area (Å²) in [6.07, 6.45) is 2.96. The van der Waals surface area contributed by atoms with Gasteiger partial charge in [0.25, 0.3) is 0 Å². The normalized spacial score (nSPS) is 10.4. The van der Waals surface area contributed by atoms with E-state index in [2.05, 4.69) is 16.5 Å². The maximum atomic E-state index is 8.69. The van der Waals surface area contributed by atoms with Crippen molar-refractivity contribution in [1.29, 1.82) is 0 Å². The summed E-state index contributed by atoms with van der Waals surface area (Å²) in [6, 6.07) is 9.72. The molecule has 4 heteroatoms. The molecule has 4 nitrogen and oxygen atoms in total. The molecule has 0 atom stereocenters. The van der Waals surface area contributed by atoms with Crippen LogP contribution in [0.3, 0.4) is 0 Å². The second kappa shape index (κ2) is 4.02. The number of rotatable bonds is 3. The van der Waals surface area contributed by atoms with E-state index in [-0.39, 0.29) is 6.61 Å². The van der Waals surface area contributed by atoms with Gasteiger partial charge >= 0.3 is 0 Å². The Kier molecular flexibility index (Phi) is 2.55. The summed E-state index contributed by atoms with van der Waals surface area (Å²) in [4.78, 5) is 0. The van der Waals surface area contributed by atoms with Gasteiger partial charge in [-0.05, 0) is 0 Å². The lowest BCUT2D eigenvalue weighted by Gasteiger charge is -1.92. The number of aliphatic hydroxyl groups is 1. The number of hydrogen-bond acceptors (Lipinski definition) is 3. The molecule has 1 aromatic carbocycles. The lowest BCUT2D eigenvalue weighted by Crippen LogP contribution is -2.02. The zero-order chi connectivity index (χ0) is 9.80. The zero-order valence-electron chi connectivity index (χ0n) is 7.59. The summed E-state index contributed by atoms with van der Waals surface area (Å²) >= 11 is 0. The van der Waals surface area contributed by atoms with Crippen LogP contribution in [0.25, 0.3) is 11.3 Å². The lowest BCUT2D eigenvalue weighted by molar-refractivity contribution is 0.267. The van der Waals surface area contributed by atoms with Crippen LogP contribution in [0.4, 0.5) is 0 Å². The van der Waals surface area contributed by atoms with E-state index >= 15 is 0 Å². The molecular formula is C10H10N3O. The average molecular weight is 188 g/mol. The highest BCUT2D eigenvalue weighted by molar-refractivity contribution is 5.56. The van der Waals surface area contributed by atoms with E-state index in [0.717, 1.165) is 5.56 Å². The topological polar surface area (TPSA) is 50.9 Å². The third kappa shape index (κ3) is 1.80. The van der Waals surface area contributed by atoms with Gasteiger partial charge in [-0.3, -0.25) is 0 Å². The average Bonchev–Trinajstić information content (AvgIpc) is 2.68. The monoisotopic (exact) mass is 188 g/mol. The van der Waals surface area contributed by atoms with Crippen LogP contribution in [-0.4, -0.2) is 26.7 Å². The Balaban J connectivity index is 2.25. The molecule has 1 heterocycles. The van der Waals surface area contributed by atoms with E-state index < -0.39 is 0 Å². The quantitative estimate of drug-likeness (QED) is 0.772. The molecule has 0 amide bonds. The molecule has 71 valence electrons. The first-order valence-electron chi connectivity index (χ1n) is 4.39. The van der Waals surface area contributed by atoms with Crippen molar-refractivity contribution in [3.8, 4) is 11.3 Å². The number of nitrogens with zero attached hydrogens (tertiary/aromatic N) is 3. The van der Waals surface area contributed by atoms with Gasteiger partial charge in [-0.2, -0.15) is 0 Å². The van der Waals surface area contributed by atoms with Crippen LogP contribution in [0.5, 0.6) is 0 Å². The van der Waals surface area contributed by atoms with Crippen molar-refractivity contribution >= 4 is 0 Å². The minimum absolute atomic E-state index is 0.0497. The minimum atomic E-state index is 0.0497. The van der Waals surface area contributed by atoms with Gasteiger partial charge in [0.15, 0.2) is 0 Å². The first-order chi connectivity index (χ1) is 6.90. The Labute approximate surface area is 81.8 Å². The van der Waals surface area contributed by atoms with Crippen LogP contribution >= 0.6 is 0 Å². The molecule has 0 fully saturated rings. The molecule has 0 aliphatic heterocycles. The predicted molar refractivity (Wildman–Crippen MR) is 51.4 cm³/mol. The van der Waals surface area contributed by atoms with E-state index in [9.17, 15) is 0 Å². The van der Waals surface area contributed by atoms with Crippen molar-refractivity contribution < 1.29 is 5.11 Å². The summed E-state index contributed by atoms with van der Waals surface area (Å²) in [5.41, 5.74) is 1.69. The predicted octanol–water partition coefficient (Wildman–Crippen LogP) is 0.738. The highest BCUT2D eigenvalue weighted by Crippen LogP contribution is 2.13. The van der Waals surface area contributed by atoms with Gasteiger partial charge in [-0.15, -0.1) is 5.10 Å². The second-order valence-electron chi connectivity index (χ2n) is 2.86. The minimum Gasteiger partial charge on any atom is -0.394 e. The van der Waals surface area contributed by atoms with Gasteiger partial charge in [0.1, 0.15) is 11.9 Å². The Bertz CT molecular complexity index is 397. The summed E-state index contributed by atoms with van der Waals surface area (Å²) < 4.78 is 1.50. The van der Waals surface area contributed by atoms with Crippen LogP contribution in [0.1, 0.15) is 0 Å². The van der Waals surface area contributed by atoms with Crippen LogP contribution in [0.2, 0.25) is 0 Å². The van der Waals surface area contributed by atoms with E-state index in [4.69, 9.17) is 5.11 Å². The van der Waals surface area contributed by atoms with Crippen molar-refractivity contribution in [2.75, 3.05) is 6.61 Å². The molecule has 0 bridgehead atoms. The molecule has 0 spiro atoms. The van der Waals surface area contributed by atoms with Gasteiger partial charge in [-0.25, -0.2) is 4.68 Å². The van der Waals surface area contributed by atoms with Crippen LogP contribution in [-0.2, 0) is 6.54 Å². The molecule has 0 aliphatic rings. The molecule has 0 saturated heterocycles. The Morgan fingerprint density at radius 1 is 1.29 bits per heavy atom. The molecule has 0 saturated carbocycles. The Morgan fingerprint density at radius 3 is 2.79 bits per heavy atom. The van der Waals surface area contributed by atoms with E-state index in [1.54, 1.807) is 0 Å². The van der Waals surface area contributed by atoms with Crippen LogP contribution in [0, 0.1) is 6.20 Å². The molecule has 1 N–H and O–H groups in total. The molecule has 2 aromatic rings. The summed E-state index contributed by atoms with van der Waals surface area (Å²) in [7, 11) is 0. The standard InChI is InChI=1S/C10H10N3O/c14-7-6-13-8-10(11-12-13)9-4-2-1-3-5-9/h1-5,14H,6-7H2. The van der Waals surface area contributed by atoms with Gasteiger partial charge < -0.3 is 5.11 Å². The fraction of sp³-hybridized carbons (Fsp3) is 0.200. The van der Waals surface area contributed by atoms with Crippen molar-refractivity contribution in [3.63, 3.8) is 0 Å². The van der Waals surface area contributed by atoms with Crippen LogP contribution in [0.15, 0.2) is 30.3 Å². The maximum Gasteiger partial charge on any atom is 0.122 e. The molecule has 1 aromatic heterocycles. The lowest BCUT2D eigenvalue weighted by atomic mass is 10.2. The third-order valence-corrected chi connectivity index (χ3v) is 1.85. The summed E-state index contributed by atoms with van der Waals surface area (Å²) in [5, 5.41) is 16.5. The Morgan fingerprint density at radius 2 is 2.07 bits per heavy atom. The molecule has 14 heavy (non-hydrogen) atoms. The molecule has 0 aliphatic carbocycles.